The third kappa shape index (κ3) is 5.42. The normalized spacial score (nSPS) is 12.0. The van der Waals surface area contributed by atoms with Gasteiger partial charge in [0, 0.05) is 6.54 Å². The van der Waals surface area contributed by atoms with Crippen molar-refractivity contribution in [2.24, 2.45) is 11.7 Å². The van der Waals surface area contributed by atoms with E-state index in [0.717, 1.165) is 16.9 Å². The summed E-state index contributed by atoms with van der Waals surface area (Å²) < 4.78 is 5.73. The highest BCUT2D eigenvalue weighted by atomic mass is 16.5. The molecule has 0 heterocycles. The summed E-state index contributed by atoms with van der Waals surface area (Å²) in [6, 6.07) is 17.3. The van der Waals surface area contributed by atoms with E-state index < -0.39 is 6.04 Å². The quantitative estimate of drug-likeness (QED) is 0.826. The first-order valence-corrected chi connectivity index (χ1v) is 7.85. The van der Waals surface area contributed by atoms with E-state index in [1.807, 2.05) is 68.4 Å². The predicted molar refractivity (Wildman–Crippen MR) is 91.9 cm³/mol. The smallest absolute Gasteiger partial charge is 0.237 e. The molecule has 2 rings (SSSR count). The topological polar surface area (TPSA) is 64.4 Å². The van der Waals surface area contributed by atoms with Crippen LogP contribution < -0.4 is 15.8 Å². The molecule has 0 unspecified atom stereocenters. The van der Waals surface area contributed by atoms with Gasteiger partial charge in [0.1, 0.15) is 12.4 Å². The molecule has 3 N–H and O–H groups in total. The molecule has 0 aliphatic rings. The number of nitrogens with one attached hydrogen (secondary N) is 1. The maximum atomic E-state index is 11.8. The van der Waals surface area contributed by atoms with Gasteiger partial charge in [0.15, 0.2) is 0 Å². The molecule has 0 saturated carbocycles. The minimum atomic E-state index is -0.469. The lowest BCUT2D eigenvalue weighted by atomic mass is 10.0. The summed E-state index contributed by atoms with van der Waals surface area (Å²) >= 11 is 0. The Morgan fingerprint density at radius 1 is 1.04 bits per heavy atom. The van der Waals surface area contributed by atoms with Crippen molar-refractivity contribution < 1.29 is 9.53 Å². The fraction of sp³-hybridized carbons (Fsp3) is 0.316. The van der Waals surface area contributed by atoms with E-state index in [1.165, 1.54) is 0 Å². The molecule has 4 heteroatoms. The summed E-state index contributed by atoms with van der Waals surface area (Å²) in [4.78, 5) is 11.8. The SMILES string of the molecule is CC(C)[C@@H](N)C(=O)NCc1ccc(OCc2ccccc2)cc1. The maximum absolute atomic E-state index is 11.8. The molecular formula is C19H24N2O2. The van der Waals surface area contributed by atoms with Crippen LogP contribution in [0.15, 0.2) is 54.6 Å². The van der Waals surface area contributed by atoms with E-state index in [9.17, 15) is 4.79 Å². The fourth-order valence-electron chi connectivity index (χ4n) is 2.05. The Bertz CT molecular complexity index is 609. The van der Waals surface area contributed by atoms with Crippen LogP contribution in [0.4, 0.5) is 0 Å². The Balaban J connectivity index is 1.81. The summed E-state index contributed by atoms with van der Waals surface area (Å²) in [5, 5.41) is 2.85. The van der Waals surface area contributed by atoms with Gasteiger partial charge in [-0.1, -0.05) is 56.3 Å². The zero-order chi connectivity index (χ0) is 16.7. The molecule has 0 aliphatic carbocycles. The van der Waals surface area contributed by atoms with Crippen molar-refractivity contribution >= 4 is 5.91 Å². The monoisotopic (exact) mass is 312 g/mol. The second kappa shape index (κ2) is 8.34. The van der Waals surface area contributed by atoms with E-state index in [0.29, 0.717) is 13.2 Å². The molecule has 0 saturated heterocycles. The Labute approximate surface area is 137 Å². The molecule has 0 radical (unpaired) electrons. The zero-order valence-corrected chi connectivity index (χ0v) is 13.7. The number of amides is 1. The molecule has 4 nitrogen and oxygen atoms in total. The van der Waals surface area contributed by atoms with Gasteiger partial charge >= 0.3 is 0 Å². The average Bonchev–Trinajstić information content (AvgIpc) is 2.59. The summed E-state index contributed by atoms with van der Waals surface area (Å²) in [5.74, 6) is 0.816. The van der Waals surface area contributed by atoms with Gasteiger partial charge in [0.25, 0.3) is 0 Å². The minimum Gasteiger partial charge on any atom is -0.489 e. The lowest BCUT2D eigenvalue weighted by Crippen LogP contribution is -2.43. The molecule has 2 aromatic rings. The zero-order valence-electron chi connectivity index (χ0n) is 13.7. The Hall–Kier alpha value is -2.33. The summed E-state index contributed by atoms with van der Waals surface area (Å²) in [7, 11) is 0. The second-order valence-electron chi connectivity index (χ2n) is 5.91. The van der Waals surface area contributed by atoms with Crippen molar-refractivity contribution in [1.29, 1.82) is 0 Å². The molecule has 122 valence electrons. The maximum Gasteiger partial charge on any atom is 0.237 e. The van der Waals surface area contributed by atoms with Gasteiger partial charge in [-0.3, -0.25) is 4.79 Å². The summed E-state index contributed by atoms with van der Waals surface area (Å²) in [6.45, 7) is 4.88. The number of hydrogen-bond donors (Lipinski definition) is 2. The first-order chi connectivity index (χ1) is 11.1. The second-order valence-corrected chi connectivity index (χ2v) is 5.91. The number of hydrogen-bond acceptors (Lipinski definition) is 3. The highest BCUT2D eigenvalue weighted by Crippen LogP contribution is 2.14. The number of ether oxygens (including phenoxy) is 1. The standard InChI is InChI=1S/C19H24N2O2/c1-14(2)18(20)19(22)21-12-15-8-10-17(11-9-15)23-13-16-6-4-3-5-7-16/h3-11,14,18H,12-13,20H2,1-2H3,(H,21,22)/t18-/m1/s1. The first kappa shape index (κ1) is 17.0. The van der Waals surface area contributed by atoms with Crippen molar-refractivity contribution in [3.8, 4) is 5.75 Å². The third-order valence-electron chi connectivity index (χ3n) is 3.66. The molecule has 0 bridgehead atoms. The number of carbonyl (C=O) groups excluding carboxylic acids is 1. The minimum absolute atomic E-state index is 0.121. The van der Waals surface area contributed by atoms with Crippen LogP contribution in [-0.4, -0.2) is 11.9 Å². The average molecular weight is 312 g/mol. The van der Waals surface area contributed by atoms with Crippen LogP contribution in [0.2, 0.25) is 0 Å². The van der Waals surface area contributed by atoms with Crippen LogP contribution in [0, 0.1) is 5.92 Å². The lowest BCUT2D eigenvalue weighted by molar-refractivity contribution is -0.123. The van der Waals surface area contributed by atoms with Crippen LogP contribution in [-0.2, 0) is 17.9 Å². The Morgan fingerprint density at radius 3 is 2.30 bits per heavy atom. The van der Waals surface area contributed by atoms with E-state index in [4.69, 9.17) is 10.5 Å². The van der Waals surface area contributed by atoms with E-state index in [-0.39, 0.29) is 11.8 Å². The van der Waals surface area contributed by atoms with E-state index in [2.05, 4.69) is 5.32 Å². The first-order valence-electron chi connectivity index (χ1n) is 7.85. The van der Waals surface area contributed by atoms with Gasteiger partial charge in [-0.2, -0.15) is 0 Å². The van der Waals surface area contributed by atoms with Crippen LogP contribution in [0.1, 0.15) is 25.0 Å². The summed E-state index contributed by atoms with van der Waals surface area (Å²) in [5.41, 5.74) is 7.96. The van der Waals surface area contributed by atoms with Crippen LogP contribution in [0.25, 0.3) is 0 Å². The highest BCUT2D eigenvalue weighted by molar-refractivity contribution is 5.81. The van der Waals surface area contributed by atoms with Crippen LogP contribution in [0.5, 0.6) is 5.75 Å². The number of carbonyl (C=O) groups is 1. The van der Waals surface area contributed by atoms with Gasteiger partial charge in [-0.15, -0.1) is 0 Å². The summed E-state index contributed by atoms with van der Waals surface area (Å²) in [6.07, 6.45) is 0. The van der Waals surface area contributed by atoms with Crippen LogP contribution in [0.3, 0.4) is 0 Å². The molecule has 0 fully saturated rings. The van der Waals surface area contributed by atoms with Crippen molar-refractivity contribution in [2.45, 2.75) is 33.0 Å². The molecule has 0 aliphatic heterocycles. The largest absolute Gasteiger partial charge is 0.489 e. The molecule has 23 heavy (non-hydrogen) atoms. The van der Waals surface area contributed by atoms with Gasteiger partial charge in [-0.25, -0.2) is 0 Å². The van der Waals surface area contributed by atoms with Crippen molar-refractivity contribution in [3.05, 3.63) is 65.7 Å². The highest BCUT2D eigenvalue weighted by Gasteiger charge is 2.16. The number of nitrogens with two attached hydrogens (primary N) is 1. The third-order valence-corrected chi connectivity index (χ3v) is 3.66. The molecule has 1 amide bonds. The van der Waals surface area contributed by atoms with Crippen molar-refractivity contribution in [1.82, 2.24) is 5.32 Å². The molecule has 2 aromatic carbocycles. The van der Waals surface area contributed by atoms with Gasteiger partial charge < -0.3 is 15.8 Å². The molecule has 1 atom stereocenters. The molecular weight excluding hydrogens is 288 g/mol. The van der Waals surface area contributed by atoms with Gasteiger partial charge in [-0.05, 0) is 29.2 Å². The number of rotatable bonds is 7. The lowest BCUT2D eigenvalue weighted by Gasteiger charge is -2.15. The molecule has 0 aromatic heterocycles. The number of benzene rings is 2. The van der Waals surface area contributed by atoms with Gasteiger partial charge in [0.2, 0.25) is 5.91 Å². The molecule has 0 spiro atoms. The van der Waals surface area contributed by atoms with E-state index in [1.54, 1.807) is 0 Å². The fourth-order valence-corrected chi connectivity index (χ4v) is 2.05. The Morgan fingerprint density at radius 2 is 1.70 bits per heavy atom. The van der Waals surface area contributed by atoms with E-state index >= 15 is 0 Å². The van der Waals surface area contributed by atoms with Crippen LogP contribution >= 0.6 is 0 Å². The van der Waals surface area contributed by atoms with Crippen molar-refractivity contribution in [3.63, 3.8) is 0 Å². The predicted octanol–water partition coefficient (Wildman–Crippen LogP) is 2.87. The Kier molecular flexibility index (Phi) is 6.18. The van der Waals surface area contributed by atoms with Gasteiger partial charge in [0.05, 0.1) is 6.04 Å². The van der Waals surface area contributed by atoms with Crippen molar-refractivity contribution in [2.75, 3.05) is 0 Å².